The first-order chi connectivity index (χ1) is 11.2. The Bertz CT molecular complexity index is 829. The number of aliphatic hydroxyl groups is 1. The molecule has 8 heteroatoms. The van der Waals surface area contributed by atoms with E-state index in [2.05, 4.69) is 4.74 Å². The van der Waals surface area contributed by atoms with Crippen molar-refractivity contribution in [3.63, 3.8) is 0 Å². The summed E-state index contributed by atoms with van der Waals surface area (Å²) in [7, 11) is -2.98. The Balaban J connectivity index is 2.03. The van der Waals surface area contributed by atoms with Crippen molar-refractivity contribution < 1.29 is 27.9 Å². The number of rotatable bonds is 3. The summed E-state index contributed by atoms with van der Waals surface area (Å²) in [5, 5.41) is 10.6. The van der Waals surface area contributed by atoms with Crippen LogP contribution in [0.3, 0.4) is 0 Å². The molecule has 0 spiro atoms. The molecule has 0 unspecified atom stereocenters. The monoisotopic (exact) mass is 351 g/mol. The van der Waals surface area contributed by atoms with E-state index in [-0.39, 0.29) is 11.3 Å². The number of ether oxygens (including phenoxy) is 1. The lowest BCUT2D eigenvalue weighted by molar-refractivity contribution is -0.171. The number of fused-ring (bicyclic) bond motifs is 2. The van der Waals surface area contributed by atoms with Gasteiger partial charge in [0.25, 0.3) is 15.9 Å². The average molecular weight is 351 g/mol. The molecule has 0 radical (unpaired) electrons. The van der Waals surface area contributed by atoms with E-state index in [1.165, 1.54) is 24.3 Å². The molecule has 1 fully saturated rings. The second-order valence-electron chi connectivity index (χ2n) is 5.98. The molecular weight excluding hydrogens is 334 g/mol. The number of carbonyl (C=O) groups excluding carboxylic acids is 2. The lowest BCUT2D eigenvalue weighted by atomic mass is 9.73. The molecule has 2 aliphatic heterocycles. The summed E-state index contributed by atoms with van der Waals surface area (Å²) in [6.45, 7) is 1.82. The van der Waals surface area contributed by atoms with Gasteiger partial charge in [-0.15, -0.1) is 0 Å². The normalized spacial score (nSPS) is 29.0. The minimum Gasteiger partial charge on any atom is -0.469 e. The van der Waals surface area contributed by atoms with Gasteiger partial charge in [-0.1, -0.05) is 23.8 Å². The van der Waals surface area contributed by atoms with Crippen LogP contribution in [-0.4, -0.2) is 48.5 Å². The number of piperidine rings is 1. The number of amides is 1. The zero-order chi connectivity index (χ0) is 17.7. The topological polar surface area (TPSA) is 101 Å². The molecule has 0 saturated carbocycles. The summed E-state index contributed by atoms with van der Waals surface area (Å²) in [6, 6.07) is 5.24. The molecule has 1 aromatic carbocycles. The van der Waals surface area contributed by atoms with Crippen LogP contribution in [0.1, 0.15) is 12.0 Å². The van der Waals surface area contributed by atoms with Gasteiger partial charge < -0.3 is 9.84 Å². The number of nitrogens with zero attached hydrogens (tertiary/aromatic N) is 1. The summed E-state index contributed by atoms with van der Waals surface area (Å²) in [5.41, 5.74) is -1.33. The Hall–Kier alpha value is -2.19. The molecule has 128 valence electrons. The molecule has 1 aromatic rings. The molecule has 1 N–H and O–H groups in total. The second kappa shape index (κ2) is 5.42. The van der Waals surface area contributed by atoms with Crippen molar-refractivity contribution in [3.8, 4) is 0 Å². The van der Waals surface area contributed by atoms with Gasteiger partial charge in [-0.05, 0) is 31.6 Å². The summed E-state index contributed by atoms with van der Waals surface area (Å²) >= 11 is 0. The molecule has 3 aliphatic rings. The highest BCUT2D eigenvalue weighted by Gasteiger charge is 2.60. The Morgan fingerprint density at radius 3 is 2.54 bits per heavy atom. The van der Waals surface area contributed by atoms with Crippen molar-refractivity contribution in [2.24, 2.45) is 5.92 Å². The van der Waals surface area contributed by atoms with E-state index in [0.29, 0.717) is 4.31 Å². The van der Waals surface area contributed by atoms with E-state index >= 15 is 0 Å². The lowest BCUT2D eigenvalue weighted by Crippen LogP contribution is -2.66. The fraction of sp³-hybridized carbons (Fsp3) is 0.375. The zero-order valence-corrected chi connectivity index (χ0v) is 14.0. The maximum atomic E-state index is 12.8. The van der Waals surface area contributed by atoms with Gasteiger partial charge in [0.2, 0.25) is 0 Å². The summed E-state index contributed by atoms with van der Waals surface area (Å²) < 4.78 is 30.9. The van der Waals surface area contributed by atoms with Crippen molar-refractivity contribution >= 4 is 21.9 Å². The van der Waals surface area contributed by atoms with Crippen LogP contribution in [0.25, 0.3) is 0 Å². The van der Waals surface area contributed by atoms with Gasteiger partial charge in [-0.25, -0.2) is 12.7 Å². The van der Waals surface area contributed by atoms with Crippen LogP contribution in [0.15, 0.2) is 41.3 Å². The minimum absolute atomic E-state index is 0.0174. The number of aryl methyl sites for hydroxylation is 1. The van der Waals surface area contributed by atoms with E-state index in [1.54, 1.807) is 12.1 Å². The second-order valence-corrected chi connectivity index (χ2v) is 7.80. The van der Waals surface area contributed by atoms with E-state index in [1.807, 2.05) is 6.92 Å². The zero-order valence-electron chi connectivity index (χ0n) is 13.2. The standard InChI is InChI=1S/C16H17NO6S/c1-10-3-5-12(6-4-10)24(21,22)17-11-7-8-16(20,15(17)19)13(9-11)14(18)23-2/h3-8,11,13,20H,9H2,1-2H3/t11-,13-,16+/m0/s1. The Morgan fingerprint density at radius 1 is 1.33 bits per heavy atom. The van der Waals surface area contributed by atoms with Crippen molar-refractivity contribution in [2.75, 3.05) is 7.11 Å². The van der Waals surface area contributed by atoms with Crippen LogP contribution in [0.5, 0.6) is 0 Å². The first-order valence-electron chi connectivity index (χ1n) is 7.37. The third kappa shape index (κ3) is 2.25. The molecule has 3 atom stereocenters. The van der Waals surface area contributed by atoms with Crippen LogP contribution in [0.4, 0.5) is 0 Å². The number of hydrogen-bond donors (Lipinski definition) is 1. The molecule has 2 bridgehead atoms. The highest BCUT2D eigenvalue weighted by atomic mass is 32.2. The molecule has 7 nitrogen and oxygen atoms in total. The number of esters is 1. The number of hydrogen-bond acceptors (Lipinski definition) is 6. The maximum absolute atomic E-state index is 12.8. The van der Waals surface area contributed by atoms with E-state index in [4.69, 9.17) is 0 Å². The van der Waals surface area contributed by atoms with Crippen LogP contribution in [0.2, 0.25) is 0 Å². The first-order valence-corrected chi connectivity index (χ1v) is 8.81. The molecule has 1 amide bonds. The van der Waals surface area contributed by atoms with E-state index in [0.717, 1.165) is 12.7 Å². The van der Waals surface area contributed by atoms with Crippen molar-refractivity contribution in [1.29, 1.82) is 0 Å². The molecule has 1 aliphatic carbocycles. The maximum Gasteiger partial charge on any atom is 0.312 e. The van der Waals surface area contributed by atoms with E-state index in [9.17, 15) is 23.1 Å². The quantitative estimate of drug-likeness (QED) is 0.624. The Morgan fingerprint density at radius 2 is 1.96 bits per heavy atom. The predicted molar refractivity (Wildman–Crippen MR) is 83.2 cm³/mol. The van der Waals surface area contributed by atoms with Crippen LogP contribution < -0.4 is 0 Å². The summed E-state index contributed by atoms with van der Waals surface area (Å²) in [4.78, 5) is 24.5. The lowest BCUT2D eigenvalue weighted by Gasteiger charge is -2.47. The van der Waals surface area contributed by atoms with Crippen molar-refractivity contribution in [1.82, 2.24) is 4.31 Å². The SMILES string of the molecule is COC(=O)[C@@H]1C[C@@H]2C=C[C@]1(O)C(=O)N2S(=O)(=O)c1ccc(C)cc1. The molecule has 24 heavy (non-hydrogen) atoms. The molecule has 4 rings (SSSR count). The van der Waals surface area contributed by atoms with Gasteiger partial charge in [0, 0.05) is 0 Å². The number of methoxy groups -OCH3 is 1. The van der Waals surface area contributed by atoms with Crippen LogP contribution in [0, 0.1) is 12.8 Å². The third-order valence-corrected chi connectivity index (χ3v) is 6.31. The number of carbonyl (C=O) groups is 2. The van der Waals surface area contributed by atoms with Gasteiger partial charge >= 0.3 is 5.97 Å². The highest BCUT2D eigenvalue weighted by Crippen LogP contribution is 2.42. The fourth-order valence-electron chi connectivity index (χ4n) is 3.12. The molecule has 1 saturated heterocycles. The van der Waals surface area contributed by atoms with Crippen molar-refractivity contribution in [2.45, 2.75) is 29.9 Å². The largest absolute Gasteiger partial charge is 0.469 e. The Kier molecular flexibility index (Phi) is 3.76. The third-order valence-electron chi connectivity index (χ3n) is 4.49. The molecule has 0 aromatic heterocycles. The number of benzene rings is 1. The predicted octanol–water partition coefficient (Wildman–Crippen LogP) is 0.375. The summed E-state index contributed by atoms with van der Waals surface area (Å²) in [6.07, 6.45) is 2.61. The molecule has 2 heterocycles. The van der Waals surface area contributed by atoms with E-state index < -0.39 is 39.5 Å². The average Bonchev–Trinajstić information content (AvgIpc) is 2.55. The Labute approximate surface area is 139 Å². The first kappa shape index (κ1) is 16.7. The van der Waals surface area contributed by atoms with Gasteiger partial charge in [-0.3, -0.25) is 9.59 Å². The minimum atomic E-state index is -4.13. The summed E-state index contributed by atoms with van der Waals surface area (Å²) in [5.74, 6) is -2.89. The van der Waals surface area contributed by atoms with Gasteiger partial charge in [0.05, 0.1) is 18.0 Å². The highest BCUT2D eigenvalue weighted by molar-refractivity contribution is 7.89. The van der Waals surface area contributed by atoms with Crippen LogP contribution in [-0.2, 0) is 24.3 Å². The van der Waals surface area contributed by atoms with Crippen molar-refractivity contribution in [3.05, 3.63) is 42.0 Å². The van der Waals surface area contributed by atoms with Crippen LogP contribution >= 0.6 is 0 Å². The number of sulfonamides is 1. The molecular formula is C16H17NO6S. The fourth-order valence-corrected chi connectivity index (χ4v) is 4.71. The van der Waals surface area contributed by atoms with Gasteiger partial charge in [0.1, 0.15) is 5.92 Å². The van der Waals surface area contributed by atoms with Gasteiger partial charge in [0.15, 0.2) is 5.60 Å². The van der Waals surface area contributed by atoms with Gasteiger partial charge in [-0.2, -0.15) is 0 Å². The smallest absolute Gasteiger partial charge is 0.312 e.